The second-order valence-corrected chi connectivity index (χ2v) is 4.28. The van der Waals surface area contributed by atoms with Crippen molar-refractivity contribution in [3.05, 3.63) is 40.5 Å². The van der Waals surface area contributed by atoms with Crippen LogP contribution in [-0.4, -0.2) is 18.4 Å². The minimum Gasteiger partial charge on any atom is -0.490 e. The molecule has 1 aliphatic rings. The van der Waals surface area contributed by atoms with Gasteiger partial charge in [-0.05, 0) is 23.7 Å². The second kappa shape index (κ2) is 5.54. The second-order valence-electron chi connectivity index (χ2n) is 4.28. The average Bonchev–Trinajstić information content (AvgIpc) is 2.82. The Hall–Kier alpha value is -2.66. The van der Waals surface area contributed by atoms with E-state index in [2.05, 4.69) is 15.2 Å². The van der Waals surface area contributed by atoms with Gasteiger partial charge in [0.05, 0.1) is 19.8 Å². The molecule has 0 spiro atoms. The molecule has 2 heterocycles. The molecule has 0 saturated carbocycles. The third kappa shape index (κ3) is 2.53. The summed E-state index contributed by atoms with van der Waals surface area (Å²) in [5, 5.41) is 7.39. The molecule has 0 N–H and O–H groups in total. The maximum atomic E-state index is 8.28. The van der Waals surface area contributed by atoms with Gasteiger partial charge >= 0.3 is 0 Å². The van der Waals surface area contributed by atoms with E-state index < -0.39 is 0 Å². The Labute approximate surface area is 114 Å². The molecule has 20 heavy (non-hydrogen) atoms. The largest absolute Gasteiger partial charge is 0.490 e. The van der Waals surface area contributed by atoms with E-state index in [1.165, 1.54) is 0 Å². The van der Waals surface area contributed by atoms with Crippen molar-refractivity contribution in [3.8, 4) is 22.8 Å². The molecule has 2 aromatic rings. The van der Waals surface area contributed by atoms with Gasteiger partial charge in [-0.25, -0.2) is 0 Å². The monoisotopic (exact) mass is 272 g/mol. The summed E-state index contributed by atoms with van der Waals surface area (Å²) in [6.45, 7) is 1.44. The van der Waals surface area contributed by atoms with Gasteiger partial charge in [-0.2, -0.15) is 0 Å². The summed E-state index contributed by atoms with van der Waals surface area (Å²) < 4.78 is 16.3. The predicted octanol–water partition coefficient (Wildman–Crippen LogP) is 3.31. The van der Waals surface area contributed by atoms with Crippen molar-refractivity contribution in [3.63, 3.8) is 0 Å². The van der Waals surface area contributed by atoms with E-state index in [4.69, 9.17) is 19.5 Å². The van der Waals surface area contributed by atoms with Crippen molar-refractivity contribution >= 4 is 0 Å². The number of benzene rings is 1. The molecule has 3 rings (SSSR count). The summed E-state index contributed by atoms with van der Waals surface area (Å²) in [7, 11) is 0. The van der Waals surface area contributed by atoms with Crippen molar-refractivity contribution < 1.29 is 14.0 Å². The van der Waals surface area contributed by atoms with Gasteiger partial charge in [-0.15, -0.1) is 0 Å². The van der Waals surface area contributed by atoms with Crippen LogP contribution in [0, 0.1) is 0 Å². The maximum Gasteiger partial charge on any atom is 0.161 e. The van der Waals surface area contributed by atoms with Crippen LogP contribution in [0.15, 0.2) is 33.9 Å². The molecule has 1 aromatic heterocycles. The molecule has 102 valence electrons. The van der Waals surface area contributed by atoms with Crippen LogP contribution < -0.4 is 9.47 Å². The summed E-state index contributed by atoms with van der Waals surface area (Å²) in [6.07, 6.45) is 0.865. The zero-order valence-corrected chi connectivity index (χ0v) is 10.7. The lowest BCUT2D eigenvalue weighted by Crippen LogP contribution is -1.97. The first-order chi connectivity index (χ1) is 9.86. The quantitative estimate of drug-likeness (QED) is 0.486. The fourth-order valence-corrected chi connectivity index (χ4v) is 1.95. The van der Waals surface area contributed by atoms with Crippen molar-refractivity contribution in [2.24, 2.45) is 5.11 Å². The summed E-state index contributed by atoms with van der Waals surface area (Å²) >= 11 is 0. The minimum atomic E-state index is 0.147. The first-order valence-corrected chi connectivity index (χ1v) is 6.23. The van der Waals surface area contributed by atoms with E-state index in [9.17, 15) is 0 Å². The first kappa shape index (κ1) is 12.4. The van der Waals surface area contributed by atoms with Gasteiger partial charge in [0.2, 0.25) is 0 Å². The standard InChI is InChI=1S/C13H12N4O3/c14-17-15-8-10-7-11(16-20-10)9-2-3-12-13(6-9)19-5-1-4-18-12/h2-3,6-7H,1,4-5,8H2. The van der Waals surface area contributed by atoms with Crippen LogP contribution in [-0.2, 0) is 6.54 Å². The molecule has 7 heteroatoms. The predicted molar refractivity (Wildman–Crippen MR) is 70.4 cm³/mol. The minimum absolute atomic E-state index is 0.147. The maximum absolute atomic E-state index is 8.28. The van der Waals surface area contributed by atoms with Crippen molar-refractivity contribution in [2.45, 2.75) is 13.0 Å². The highest BCUT2D eigenvalue weighted by Crippen LogP contribution is 2.34. The molecule has 0 fully saturated rings. The molecule has 0 amide bonds. The number of hydrogen-bond donors (Lipinski definition) is 0. The van der Waals surface area contributed by atoms with E-state index in [0.717, 1.165) is 17.7 Å². The molecule has 0 bridgehead atoms. The number of hydrogen-bond acceptors (Lipinski definition) is 5. The SMILES string of the molecule is [N-]=[N+]=NCc1cc(-c2ccc3c(c2)OCCCO3)no1. The Morgan fingerprint density at radius 2 is 2.05 bits per heavy atom. The lowest BCUT2D eigenvalue weighted by Gasteiger charge is -2.07. The van der Waals surface area contributed by atoms with Gasteiger partial charge in [-0.1, -0.05) is 10.3 Å². The average molecular weight is 272 g/mol. The van der Waals surface area contributed by atoms with Gasteiger partial charge in [-0.3, -0.25) is 0 Å². The van der Waals surface area contributed by atoms with Gasteiger partial charge < -0.3 is 14.0 Å². The number of nitrogens with zero attached hydrogens (tertiary/aromatic N) is 4. The van der Waals surface area contributed by atoms with Gasteiger partial charge in [0, 0.05) is 23.0 Å². The van der Waals surface area contributed by atoms with E-state index >= 15 is 0 Å². The van der Waals surface area contributed by atoms with Crippen LogP contribution >= 0.6 is 0 Å². The van der Waals surface area contributed by atoms with E-state index in [0.29, 0.717) is 30.4 Å². The fourth-order valence-electron chi connectivity index (χ4n) is 1.95. The Kier molecular flexibility index (Phi) is 3.43. The normalized spacial score (nSPS) is 13.4. The molecule has 1 aromatic carbocycles. The third-order valence-electron chi connectivity index (χ3n) is 2.89. The number of rotatable bonds is 3. The third-order valence-corrected chi connectivity index (χ3v) is 2.89. The molecule has 0 aliphatic carbocycles. The molecule has 0 atom stereocenters. The summed E-state index contributed by atoms with van der Waals surface area (Å²) in [6, 6.07) is 7.37. The van der Waals surface area contributed by atoms with Crippen LogP contribution in [0.1, 0.15) is 12.2 Å². The number of fused-ring (bicyclic) bond motifs is 1. The summed E-state index contributed by atoms with van der Waals surface area (Å²) in [5.74, 6) is 1.97. The van der Waals surface area contributed by atoms with Crippen LogP contribution in [0.2, 0.25) is 0 Å². The summed E-state index contributed by atoms with van der Waals surface area (Å²) in [4.78, 5) is 2.68. The topological polar surface area (TPSA) is 93.3 Å². The van der Waals surface area contributed by atoms with E-state index in [1.54, 1.807) is 6.07 Å². The van der Waals surface area contributed by atoms with Crippen LogP contribution in [0.25, 0.3) is 21.7 Å². The molecule has 7 nitrogen and oxygen atoms in total. The van der Waals surface area contributed by atoms with E-state index in [-0.39, 0.29) is 6.54 Å². The molecular weight excluding hydrogens is 260 g/mol. The number of aromatic nitrogens is 1. The Balaban J connectivity index is 1.88. The van der Waals surface area contributed by atoms with Crippen LogP contribution in [0.4, 0.5) is 0 Å². The Morgan fingerprint density at radius 1 is 1.20 bits per heavy atom. The Bertz CT molecular complexity index is 661. The van der Waals surface area contributed by atoms with Gasteiger partial charge in [0.1, 0.15) is 11.5 Å². The highest BCUT2D eigenvalue weighted by atomic mass is 16.5. The van der Waals surface area contributed by atoms with Crippen molar-refractivity contribution in [1.82, 2.24) is 5.16 Å². The molecule has 0 saturated heterocycles. The van der Waals surface area contributed by atoms with Crippen molar-refractivity contribution in [2.75, 3.05) is 13.2 Å². The fraction of sp³-hybridized carbons (Fsp3) is 0.308. The van der Waals surface area contributed by atoms with Crippen LogP contribution in [0.3, 0.4) is 0 Å². The molecule has 0 radical (unpaired) electrons. The van der Waals surface area contributed by atoms with Crippen molar-refractivity contribution in [1.29, 1.82) is 0 Å². The zero-order valence-electron chi connectivity index (χ0n) is 10.7. The molecule has 1 aliphatic heterocycles. The first-order valence-electron chi connectivity index (χ1n) is 6.23. The molecule has 0 unspecified atom stereocenters. The summed E-state index contributed by atoms with van der Waals surface area (Å²) in [5.41, 5.74) is 9.81. The molecular formula is C13H12N4O3. The lowest BCUT2D eigenvalue weighted by atomic mass is 10.1. The highest BCUT2D eigenvalue weighted by Gasteiger charge is 2.13. The Morgan fingerprint density at radius 3 is 2.90 bits per heavy atom. The number of ether oxygens (including phenoxy) is 2. The lowest BCUT2D eigenvalue weighted by molar-refractivity contribution is 0.297. The van der Waals surface area contributed by atoms with E-state index in [1.807, 2.05) is 18.2 Å². The number of azide groups is 1. The smallest absolute Gasteiger partial charge is 0.161 e. The van der Waals surface area contributed by atoms with Gasteiger partial charge in [0.15, 0.2) is 11.5 Å². The zero-order chi connectivity index (χ0) is 13.8. The highest BCUT2D eigenvalue weighted by molar-refractivity contribution is 5.63. The van der Waals surface area contributed by atoms with Crippen LogP contribution in [0.5, 0.6) is 11.5 Å². The van der Waals surface area contributed by atoms with Gasteiger partial charge in [0.25, 0.3) is 0 Å².